The fourth-order valence-electron chi connectivity index (χ4n) is 2.65. The van der Waals surface area contributed by atoms with Gasteiger partial charge in [-0.25, -0.2) is 0 Å². The lowest BCUT2D eigenvalue weighted by molar-refractivity contribution is 0.0998. The molecule has 3 heteroatoms. The first kappa shape index (κ1) is 14.5. The van der Waals surface area contributed by atoms with Crippen molar-refractivity contribution in [1.82, 2.24) is 15.1 Å². The van der Waals surface area contributed by atoms with Crippen LogP contribution in [0, 0.1) is 0 Å². The SMILES string of the molecule is CCNCc1ccccc1CN1CCN(C)C(C)C1. The molecule has 0 saturated carbocycles. The molecule has 1 heterocycles. The standard InChI is InChI=1S/C16H27N3/c1-4-17-11-15-7-5-6-8-16(15)13-19-10-9-18(3)14(2)12-19/h5-8,14,17H,4,9-13H2,1-3H3. The molecule has 0 aliphatic carbocycles. The van der Waals surface area contributed by atoms with Gasteiger partial charge in [-0.1, -0.05) is 31.2 Å². The molecule has 1 aromatic carbocycles. The van der Waals surface area contributed by atoms with Crippen molar-refractivity contribution in [2.45, 2.75) is 33.0 Å². The van der Waals surface area contributed by atoms with Crippen LogP contribution in [0.5, 0.6) is 0 Å². The fourth-order valence-corrected chi connectivity index (χ4v) is 2.65. The minimum atomic E-state index is 0.662. The summed E-state index contributed by atoms with van der Waals surface area (Å²) in [4.78, 5) is 5.02. The van der Waals surface area contributed by atoms with Crippen molar-refractivity contribution in [3.05, 3.63) is 35.4 Å². The Morgan fingerprint density at radius 3 is 2.63 bits per heavy atom. The summed E-state index contributed by atoms with van der Waals surface area (Å²) in [5, 5.41) is 3.43. The smallest absolute Gasteiger partial charge is 0.0238 e. The monoisotopic (exact) mass is 261 g/mol. The average molecular weight is 261 g/mol. The predicted octanol–water partition coefficient (Wildman–Crippen LogP) is 1.93. The van der Waals surface area contributed by atoms with Gasteiger partial charge in [0.15, 0.2) is 0 Å². The van der Waals surface area contributed by atoms with Crippen molar-refractivity contribution < 1.29 is 0 Å². The number of rotatable bonds is 5. The van der Waals surface area contributed by atoms with Crippen molar-refractivity contribution >= 4 is 0 Å². The van der Waals surface area contributed by atoms with E-state index < -0.39 is 0 Å². The molecule has 1 N–H and O–H groups in total. The number of piperazine rings is 1. The molecule has 1 aliphatic rings. The highest BCUT2D eigenvalue weighted by molar-refractivity contribution is 5.27. The van der Waals surface area contributed by atoms with Crippen molar-refractivity contribution in [3.8, 4) is 0 Å². The van der Waals surface area contributed by atoms with Gasteiger partial charge in [0.25, 0.3) is 0 Å². The Morgan fingerprint density at radius 1 is 1.21 bits per heavy atom. The number of hydrogen-bond donors (Lipinski definition) is 1. The molecule has 1 fully saturated rings. The van der Waals surface area contributed by atoms with Crippen LogP contribution < -0.4 is 5.32 Å². The molecule has 0 spiro atoms. The zero-order valence-corrected chi connectivity index (χ0v) is 12.5. The first-order valence-electron chi connectivity index (χ1n) is 7.40. The van der Waals surface area contributed by atoms with Gasteiger partial charge in [0.2, 0.25) is 0 Å². The minimum absolute atomic E-state index is 0.662. The summed E-state index contributed by atoms with van der Waals surface area (Å²) in [6.07, 6.45) is 0. The Labute approximate surface area is 117 Å². The third-order valence-electron chi connectivity index (χ3n) is 4.12. The summed E-state index contributed by atoms with van der Waals surface area (Å²) in [5.74, 6) is 0. The van der Waals surface area contributed by atoms with Crippen LogP contribution in [0.3, 0.4) is 0 Å². The van der Waals surface area contributed by atoms with Crippen molar-refractivity contribution in [1.29, 1.82) is 0 Å². The van der Waals surface area contributed by atoms with Gasteiger partial charge in [0, 0.05) is 38.8 Å². The summed E-state index contributed by atoms with van der Waals surface area (Å²) in [5.41, 5.74) is 2.91. The average Bonchev–Trinajstić information content (AvgIpc) is 2.42. The molecule has 1 unspecified atom stereocenters. The lowest BCUT2D eigenvalue weighted by atomic mass is 10.1. The van der Waals surface area contributed by atoms with Gasteiger partial charge in [-0.3, -0.25) is 4.90 Å². The van der Waals surface area contributed by atoms with E-state index in [2.05, 4.69) is 60.3 Å². The van der Waals surface area contributed by atoms with Crippen LogP contribution in [0.25, 0.3) is 0 Å². The molecular formula is C16H27N3. The highest BCUT2D eigenvalue weighted by atomic mass is 15.3. The van der Waals surface area contributed by atoms with E-state index in [-0.39, 0.29) is 0 Å². The molecule has 0 radical (unpaired) electrons. The lowest BCUT2D eigenvalue weighted by Crippen LogP contribution is -2.49. The van der Waals surface area contributed by atoms with Crippen LogP contribution >= 0.6 is 0 Å². The van der Waals surface area contributed by atoms with E-state index in [1.165, 1.54) is 30.8 Å². The van der Waals surface area contributed by atoms with Crippen LogP contribution in [-0.4, -0.2) is 49.1 Å². The number of hydrogen-bond acceptors (Lipinski definition) is 3. The van der Waals surface area contributed by atoms with Gasteiger partial charge >= 0.3 is 0 Å². The molecule has 19 heavy (non-hydrogen) atoms. The topological polar surface area (TPSA) is 18.5 Å². The molecule has 0 aromatic heterocycles. The second kappa shape index (κ2) is 7.04. The van der Waals surface area contributed by atoms with E-state index in [9.17, 15) is 0 Å². The summed E-state index contributed by atoms with van der Waals surface area (Å²) < 4.78 is 0. The first-order chi connectivity index (χ1) is 9.20. The molecular weight excluding hydrogens is 234 g/mol. The molecule has 1 atom stereocenters. The normalized spacial score (nSPS) is 21.7. The summed E-state index contributed by atoms with van der Waals surface area (Å²) in [6, 6.07) is 9.48. The summed E-state index contributed by atoms with van der Waals surface area (Å²) in [7, 11) is 2.22. The van der Waals surface area contributed by atoms with Crippen LogP contribution in [0.4, 0.5) is 0 Å². The maximum Gasteiger partial charge on any atom is 0.0238 e. The van der Waals surface area contributed by atoms with E-state index >= 15 is 0 Å². The zero-order chi connectivity index (χ0) is 13.7. The van der Waals surface area contributed by atoms with E-state index in [0.29, 0.717) is 6.04 Å². The highest BCUT2D eigenvalue weighted by Crippen LogP contribution is 2.15. The fraction of sp³-hybridized carbons (Fsp3) is 0.625. The number of likely N-dealkylation sites (N-methyl/N-ethyl adjacent to an activating group) is 1. The van der Waals surface area contributed by atoms with Gasteiger partial charge in [-0.15, -0.1) is 0 Å². The molecule has 1 saturated heterocycles. The van der Waals surface area contributed by atoms with Crippen LogP contribution in [0.2, 0.25) is 0 Å². The second-order valence-corrected chi connectivity index (χ2v) is 5.61. The third kappa shape index (κ3) is 4.03. The number of nitrogens with one attached hydrogen (secondary N) is 1. The van der Waals surface area contributed by atoms with Crippen molar-refractivity contribution in [3.63, 3.8) is 0 Å². The molecule has 3 nitrogen and oxygen atoms in total. The Morgan fingerprint density at radius 2 is 1.95 bits per heavy atom. The van der Waals surface area contributed by atoms with Crippen LogP contribution in [-0.2, 0) is 13.1 Å². The van der Waals surface area contributed by atoms with E-state index in [1.807, 2.05) is 0 Å². The van der Waals surface area contributed by atoms with Crippen molar-refractivity contribution in [2.24, 2.45) is 0 Å². The molecule has 1 aromatic rings. The first-order valence-corrected chi connectivity index (χ1v) is 7.40. The zero-order valence-electron chi connectivity index (χ0n) is 12.5. The Hall–Kier alpha value is -0.900. The van der Waals surface area contributed by atoms with Crippen LogP contribution in [0.15, 0.2) is 24.3 Å². The van der Waals surface area contributed by atoms with E-state index in [4.69, 9.17) is 0 Å². The van der Waals surface area contributed by atoms with Gasteiger partial charge in [0.1, 0.15) is 0 Å². The van der Waals surface area contributed by atoms with Gasteiger partial charge in [-0.05, 0) is 31.6 Å². The Balaban J connectivity index is 1.98. The lowest BCUT2D eigenvalue weighted by Gasteiger charge is -2.38. The quantitative estimate of drug-likeness (QED) is 0.874. The third-order valence-corrected chi connectivity index (χ3v) is 4.12. The molecule has 1 aliphatic heterocycles. The molecule has 2 rings (SSSR count). The maximum atomic E-state index is 3.43. The highest BCUT2D eigenvalue weighted by Gasteiger charge is 2.20. The Kier molecular flexibility index (Phi) is 5.37. The van der Waals surface area contributed by atoms with Gasteiger partial charge < -0.3 is 10.2 Å². The maximum absolute atomic E-state index is 3.43. The second-order valence-electron chi connectivity index (χ2n) is 5.61. The summed E-state index contributed by atoms with van der Waals surface area (Å²) in [6.45, 7) is 11.1. The summed E-state index contributed by atoms with van der Waals surface area (Å²) >= 11 is 0. The predicted molar refractivity (Wildman–Crippen MR) is 81.2 cm³/mol. The molecule has 0 amide bonds. The van der Waals surface area contributed by atoms with E-state index in [0.717, 1.165) is 19.6 Å². The van der Waals surface area contributed by atoms with E-state index in [1.54, 1.807) is 0 Å². The molecule has 0 bridgehead atoms. The largest absolute Gasteiger partial charge is 0.313 e. The number of nitrogens with zero attached hydrogens (tertiary/aromatic N) is 2. The molecule has 106 valence electrons. The Bertz CT molecular complexity index is 391. The minimum Gasteiger partial charge on any atom is -0.313 e. The number of benzene rings is 1. The van der Waals surface area contributed by atoms with Crippen molar-refractivity contribution in [2.75, 3.05) is 33.2 Å². The van der Waals surface area contributed by atoms with Gasteiger partial charge in [0.05, 0.1) is 0 Å². The van der Waals surface area contributed by atoms with Crippen LogP contribution in [0.1, 0.15) is 25.0 Å². The van der Waals surface area contributed by atoms with Gasteiger partial charge in [-0.2, -0.15) is 0 Å².